The van der Waals surface area contributed by atoms with Gasteiger partial charge in [-0.25, -0.2) is 0 Å². The molecule has 5 nitrogen and oxygen atoms in total. The van der Waals surface area contributed by atoms with Crippen molar-refractivity contribution < 1.29 is 9.32 Å². The number of carbonyl (C=O) groups excluding carboxylic acids is 1. The van der Waals surface area contributed by atoms with Crippen LogP contribution in [0.25, 0.3) is 11.4 Å². The van der Waals surface area contributed by atoms with E-state index in [0.717, 1.165) is 36.1 Å². The Bertz CT molecular complexity index is 1000. The van der Waals surface area contributed by atoms with Crippen LogP contribution in [-0.4, -0.2) is 34.0 Å². The minimum atomic E-state index is 0.119. The SMILES string of the molecule is Cc1ccccc1-c1noc(C[C@@H]2CCCN(C(=O)Cc3ccccc3Cl)C2)n1. The van der Waals surface area contributed by atoms with Gasteiger partial charge >= 0.3 is 0 Å². The highest BCUT2D eigenvalue weighted by Crippen LogP contribution is 2.24. The second-order valence-corrected chi connectivity index (χ2v) is 8.05. The Hall–Kier alpha value is -2.66. The molecule has 0 unspecified atom stereocenters. The lowest BCUT2D eigenvalue weighted by Crippen LogP contribution is -2.41. The molecule has 1 aromatic heterocycles. The summed E-state index contributed by atoms with van der Waals surface area (Å²) in [6, 6.07) is 15.5. The zero-order valence-corrected chi connectivity index (χ0v) is 17.2. The molecular formula is C23H24ClN3O2. The molecule has 0 saturated carbocycles. The molecule has 1 fully saturated rings. The van der Waals surface area contributed by atoms with Gasteiger partial charge in [0, 0.05) is 30.1 Å². The van der Waals surface area contributed by atoms with E-state index in [2.05, 4.69) is 10.1 Å². The molecule has 0 N–H and O–H groups in total. The summed E-state index contributed by atoms with van der Waals surface area (Å²) >= 11 is 6.21. The fourth-order valence-electron chi connectivity index (χ4n) is 3.89. The number of benzene rings is 2. The number of halogens is 1. The van der Waals surface area contributed by atoms with Gasteiger partial charge in [-0.05, 0) is 42.9 Å². The summed E-state index contributed by atoms with van der Waals surface area (Å²) in [5, 5.41) is 4.79. The molecular weight excluding hydrogens is 386 g/mol. The third kappa shape index (κ3) is 4.67. The smallest absolute Gasteiger partial charge is 0.227 e. The summed E-state index contributed by atoms with van der Waals surface area (Å²) in [7, 11) is 0. The van der Waals surface area contributed by atoms with E-state index in [0.29, 0.717) is 42.0 Å². The van der Waals surface area contributed by atoms with Gasteiger partial charge in [0.1, 0.15) is 0 Å². The molecule has 0 spiro atoms. The topological polar surface area (TPSA) is 59.2 Å². The van der Waals surface area contributed by atoms with Crippen LogP contribution in [-0.2, 0) is 17.6 Å². The maximum atomic E-state index is 12.8. The number of nitrogens with zero attached hydrogens (tertiary/aromatic N) is 3. The molecule has 0 radical (unpaired) electrons. The molecule has 2 heterocycles. The average Bonchev–Trinajstić information content (AvgIpc) is 3.18. The van der Waals surface area contributed by atoms with Crippen LogP contribution in [0.1, 0.15) is 29.9 Å². The molecule has 1 saturated heterocycles. The van der Waals surface area contributed by atoms with Crippen molar-refractivity contribution in [2.45, 2.75) is 32.6 Å². The highest BCUT2D eigenvalue weighted by molar-refractivity contribution is 6.31. The third-order valence-electron chi connectivity index (χ3n) is 5.49. The van der Waals surface area contributed by atoms with Gasteiger partial charge in [0.2, 0.25) is 17.6 Å². The molecule has 2 aromatic carbocycles. The number of aromatic nitrogens is 2. The molecule has 1 amide bonds. The van der Waals surface area contributed by atoms with Crippen molar-refractivity contribution in [3.05, 3.63) is 70.6 Å². The van der Waals surface area contributed by atoms with Crippen molar-refractivity contribution in [3.8, 4) is 11.4 Å². The van der Waals surface area contributed by atoms with E-state index in [-0.39, 0.29) is 5.91 Å². The molecule has 1 aliphatic heterocycles. The van der Waals surface area contributed by atoms with Gasteiger partial charge in [-0.3, -0.25) is 4.79 Å². The van der Waals surface area contributed by atoms with Crippen molar-refractivity contribution in [3.63, 3.8) is 0 Å². The number of piperidine rings is 1. The molecule has 0 aliphatic carbocycles. The summed E-state index contributed by atoms with van der Waals surface area (Å²) in [6.07, 6.45) is 3.06. The first-order valence-corrected chi connectivity index (χ1v) is 10.4. The molecule has 6 heteroatoms. The summed E-state index contributed by atoms with van der Waals surface area (Å²) in [5.74, 6) is 1.70. The van der Waals surface area contributed by atoms with Crippen molar-refractivity contribution in [1.29, 1.82) is 0 Å². The first-order chi connectivity index (χ1) is 14.1. The standard InChI is InChI=1S/C23H24ClN3O2/c1-16-7-2-4-10-19(16)23-25-21(29-26-23)13-17-8-6-12-27(15-17)22(28)14-18-9-3-5-11-20(18)24/h2-5,7,9-11,17H,6,8,12-15H2,1H3/t17-/m0/s1. The Morgan fingerprint density at radius 3 is 2.83 bits per heavy atom. The summed E-state index contributed by atoms with van der Waals surface area (Å²) in [6.45, 7) is 3.54. The predicted octanol–water partition coefficient (Wildman–Crippen LogP) is 4.72. The molecule has 29 heavy (non-hydrogen) atoms. The Balaban J connectivity index is 1.39. The van der Waals surface area contributed by atoms with Gasteiger partial charge < -0.3 is 9.42 Å². The number of rotatable bonds is 5. The van der Waals surface area contributed by atoms with Crippen molar-refractivity contribution in [2.75, 3.05) is 13.1 Å². The van der Waals surface area contributed by atoms with Crippen molar-refractivity contribution >= 4 is 17.5 Å². The van der Waals surface area contributed by atoms with Crippen LogP contribution >= 0.6 is 11.6 Å². The van der Waals surface area contributed by atoms with Gasteiger partial charge in [0.15, 0.2) is 0 Å². The zero-order valence-electron chi connectivity index (χ0n) is 16.5. The normalized spacial score (nSPS) is 16.8. The van der Waals surface area contributed by atoms with E-state index in [1.54, 1.807) is 0 Å². The fraction of sp³-hybridized carbons (Fsp3) is 0.348. The Kier molecular flexibility index (Phi) is 5.95. The number of likely N-dealkylation sites (tertiary alicyclic amines) is 1. The van der Waals surface area contributed by atoms with Crippen LogP contribution in [0.15, 0.2) is 53.1 Å². The highest BCUT2D eigenvalue weighted by Gasteiger charge is 2.26. The van der Waals surface area contributed by atoms with Crippen LogP contribution < -0.4 is 0 Å². The largest absolute Gasteiger partial charge is 0.342 e. The van der Waals surface area contributed by atoms with E-state index in [4.69, 9.17) is 16.1 Å². The summed E-state index contributed by atoms with van der Waals surface area (Å²) in [4.78, 5) is 19.3. The van der Waals surface area contributed by atoms with Crippen LogP contribution in [0.2, 0.25) is 5.02 Å². The van der Waals surface area contributed by atoms with Gasteiger partial charge in [-0.2, -0.15) is 4.98 Å². The summed E-state index contributed by atoms with van der Waals surface area (Å²) in [5.41, 5.74) is 2.98. The highest BCUT2D eigenvalue weighted by atomic mass is 35.5. The Labute approximate surface area is 175 Å². The first kappa shape index (κ1) is 19.6. The van der Waals surface area contributed by atoms with Gasteiger partial charge in [0.25, 0.3) is 0 Å². The van der Waals surface area contributed by atoms with Crippen LogP contribution in [0.4, 0.5) is 0 Å². The van der Waals surface area contributed by atoms with Crippen molar-refractivity contribution in [2.24, 2.45) is 5.92 Å². The second-order valence-electron chi connectivity index (χ2n) is 7.65. The number of aryl methyl sites for hydroxylation is 1. The number of hydrogen-bond acceptors (Lipinski definition) is 4. The number of amides is 1. The van der Waals surface area contributed by atoms with Gasteiger partial charge in [-0.15, -0.1) is 0 Å². The minimum Gasteiger partial charge on any atom is -0.342 e. The molecule has 0 bridgehead atoms. The predicted molar refractivity (Wildman–Crippen MR) is 113 cm³/mol. The van der Waals surface area contributed by atoms with Crippen LogP contribution in [0, 0.1) is 12.8 Å². The lowest BCUT2D eigenvalue weighted by atomic mass is 9.94. The second kappa shape index (κ2) is 8.78. The molecule has 4 rings (SSSR count). The maximum absolute atomic E-state index is 12.8. The van der Waals surface area contributed by atoms with E-state index >= 15 is 0 Å². The monoisotopic (exact) mass is 409 g/mol. The number of hydrogen-bond donors (Lipinski definition) is 0. The molecule has 1 atom stereocenters. The maximum Gasteiger partial charge on any atom is 0.227 e. The van der Waals surface area contributed by atoms with E-state index in [1.165, 1.54) is 0 Å². The van der Waals surface area contributed by atoms with E-state index < -0.39 is 0 Å². The van der Waals surface area contributed by atoms with Crippen LogP contribution in [0.5, 0.6) is 0 Å². The number of carbonyl (C=O) groups is 1. The fourth-order valence-corrected chi connectivity index (χ4v) is 4.10. The molecule has 1 aliphatic rings. The lowest BCUT2D eigenvalue weighted by molar-refractivity contribution is -0.132. The Morgan fingerprint density at radius 1 is 1.21 bits per heavy atom. The van der Waals surface area contributed by atoms with Crippen LogP contribution in [0.3, 0.4) is 0 Å². The quantitative estimate of drug-likeness (QED) is 0.611. The van der Waals surface area contributed by atoms with Gasteiger partial charge in [0.05, 0.1) is 6.42 Å². The summed E-state index contributed by atoms with van der Waals surface area (Å²) < 4.78 is 5.50. The third-order valence-corrected chi connectivity index (χ3v) is 5.86. The van der Waals surface area contributed by atoms with E-state index in [9.17, 15) is 4.79 Å². The lowest BCUT2D eigenvalue weighted by Gasteiger charge is -2.32. The average molecular weight is 410 g/mol. The molecule has 3 aromatic rings. The van der Waals surface area contributed by atoms with Gasteiger partial charge in [-0.1, -0.05) is 59.2 Å². The zero-order chi connectivity index (χ0) is 20.2. The van der Waals surface area contributed by atoms with E-state index in [1.807, 2.05) is 60.4 Å². The minimum absolute atomic E-state index is 0.119. The first-order valence-electron chi connectivity index (χ1n) is 10.00. The Morgan fingerprint density at radius 2 is 2.00 bits per heavy atom. The van der Waals surface area contributed by atoms with Crippen molar-refractivity contribution in [1.82, 2.24) is 15.0 Å². The molecule has 150 valence electrons.